The molecular formula is C15H22N2O3. The first-order valence-electron chi connectivity index (χ1n) is 6.54. The van der Waals surface area contributed by atoms with E-state index in [2.05, 4.69) is 5.32 Å². The van der Waals surface area contributed by atoms with Crippen LogP contribution in [0.5, 0.6) is 0 Å². The normalized spacial score (nSPS) is 11.1. The summed E-state index contributed by atoms with van der Waals surface area (Å²) in [4.78, 5) is 24.9. The maximum atomic E-state index is 11.9. The van der Waals surface area contributed by atoms with Gasteiger partial charge in [-0.1, -0.05) is 39.0 Å². The summed E-state index contributed by atoms with van der Waals surface area (Å²) in [6, 6.07) is 7.41. The number of likely N-dealkylation sites (N-methyl/N-ethyl adjacent to an activating group) is 1. The molecule has 2 N–H and O–H groups in total. The second kappa shape index (κ2) is 6.52. The summed E-state index contributed by atoms with van der Waals surface area (Å²) in [5.41, 5.74) is 1.46. The number of amides is 2. The maximum absolute atomic E-state index is 11.9. The molecule has 0 bridgehead atoms. The predicted molar refractivity (Wildman–Crippen MR) is 78.5 cm³/mol. The highest BCUT2D eigenvalue weighted by atomic mass is 16.3. The summed E-state index contributed by atoms with van der Waals surface area (Å²) < 4.78 is 0. The molecule has 110 valence electrons. The van der Waals surface area contributed by atoms with Crippen molar-refractivity contribution in [1.29, 1.82) is 0 Å². The van der Waals surface area contributed by atoms with Crippen LogP contribution in [0.25, 0.3) is 0 Å². The van der Waals surface area contributed by atoms with Crippen LogP contribution in [0, 0.1) is 0 Å². The van der Waals surface area contributed by atoms with E-state index in [1.165, 1.54) is 11.9 Å². The summed E-state index contributed by atoms with van der Waals surface area (Å²) in [7, 11) is 1.48. The Morgan fingerprint density at radius 2 is 1.85 bits per heavy atom. The minimum absolute atomic E-state index is 0.132. The molecule has 5 heteroatoms. The Hall–Kier alpha value is -1.88. The number of rotatable bonds is 3. The predicted octanol–water partition coefficient (Wildman–Crippen LogP) is 1.37. The first-order valence-corrected chi connectivity index (χ1v) is 6.54. The quantitative estimate of drug-likeness (QED) is 0.821. The molecule has 0 saturated carbocycles. The van der Waals surface area contributed by atoms with Crippen LogP contribution in [0.15, 0.2) is 24.3 Å². The lowest BCUT2D eigenvalue weighted by Gasteiger charge is -2.23. The molecule has 2 amide bonds. The Labute approximate surface area is 119 Å². The van der Waals surface area contributed by atoms with E-state index in [-0.39, 0.29) is 18.6 Å². The smallest absolute Gasteiger partial charge is 0.313 e. The number of hydrogen-bond acceptors (Lipinski definition) is 3. The number of nitrogens with one attached hydrogen (secondary N) is 1. The number of nitrogens with zero attached hydrogens (tertiary/aromatic N) is 1. The second-order valence-electron chi connectivity index (χ2n) is 5.70. The largest absolute Gasteiger partial charge is 0.395 e. The highest BCUT2D eigenvalue weighted by molar-refractivity contribution is 6.39. The SMILES string of the molecule is CN(CCO)C(=O)C(=O)Nc1ccccc1C(C)(C)C. The molecule has 5 nitrogen and oxygen atoms in total. The van der Waals surface area contributed by atoms with Gasteiger partial charge in [0.2, 0.25) is 0 Å². The monoisotopic (exact) mass is 278 g/mol. The molecule has 0 unspecified atom stereocenters. The van der Waals surface area contributed by atoms with Crippen LogP contribution in [0.2, 0.25) is 0 Å². The van der Waals surface area contributed by atoms with E-state index in [0.29, 0.717) is 5.69 Å². The molecular weight excluding hydrogens is 256 g/mol. The van der Waals surface area contributed by atoms with Crippen molar-refractivity contribution >= 4 is 17.5 Å². The first-order chi connectivity index (χ1) is 9.27. The Bertz CT molecular complexity index is 492. The van der Waals surface area contributed by atoms with E-state index in [9.17, 15) is 9.59 Å². The summed E-state index contributed by atoms with van der Waals surface area (Å²) in [6.07, 6.45) is 0. The third kappa shape index (κ3) is 4.06. The van der Waals surface area contributed by atoms with Gasteiger partial charge in [-0.15, -0.1) is 0 Å². The number of para-hydroxylation sites is 1. The van der Waals surface area contributed by atoms with Crippen LogP contribution in [-0.2, 0) is 15.0 Å². The van der Waals surface area contributed by atoms with E-state index in [1.54, 1.807) is 6.07 Å². The topological polar surface area (TPSA) is 69.6 Å². The Kier molecular flexibility index (Phi) is 5.27. The van der Waals surface area contributed by atoms with Gasteiger partial charge in [-0.05, 0) is 17.0 Å². The average molecular weight is 278 g/mol. The number of carbonyl (C=O) groups is 2. The van der Waals surface area contributed by atoms with Gasteiger partial charge in [-0.25, -0.2) is 0 Å². The molecule has 1 aromatic carbocycles. The lowest BCUT2D eigenvalue weighted by molar-refractivity contribution is -0.142. The van der Waals surface area contributed by atoms with Gasteiger partial charge in [-0.2, -0.15) is 0 Å². The Morgan fingerprint density at radius 3 is 2.40 bits per heavy atom. The molecule has 0 atom stereocenters. The maximum Gasteiger partial charge on any atom is 0.313 e. The van der Waals surface area contributed by atoms with Crippen molar-refractivity contribution in [1.82, 2.24) is 4.90 Å². The van der Waals surface area contributed by atoms with Gasteiger partial charge < -0.3 is 15.3 Å². The number of aliphatic hydroxyl groups excluding tert-OH is 1. The van der Waals surface area contributed by atoms with Crippen molar-refractivity contribution < 1.29 is 14.7 Å². The molecule has 0 aromatic heterocycles. The fraction of sp³-hybridized carbons (Fsp3) is 0.467. The van der Waals surface area contributed by atoms with Crippen molar-refractivity contribution in [3.63, 3.8) is 0 Å². The van der Waals surface area contributed by atoms with Gasteiger partial charge in [0.15, 0.2) is 0 Å². The van der Waals surface area contributed by atoms with Gasteiger partial charge in [0, 0.05) is 19.3 Å². The molecule has 0 heterocycles. The van der Waals surface area contributed by atoms with E-state index in [0.717, 1.165) is 5.56 Å². The average Bonchev–Trinajstić information content (AvgIpc) is 2.37. The third-order valence-electron chi connectivity index (χ3n) is 2.96. The van der Waals surface area contributed by atoms with Gasteiger partial charge in [-0.3, -0.25) is 9.59 Å². The molecule has 0 spiro atoms. The molecule has 1 rings (SSSR count). The molecule has 0 radical (unpaired) electrons. The zero-order valence-corrected chi connectivity index (χ0v) is 12.4. The minimum atomic E-state index is -0.697. The number of aliphatic hydroxyl groups is 1. The first kappa shape index (κ1) is 16.2. The van der Waals surface area contributed by atoms with Crippen LogP contribution < -0.4 is 5.32 Å². The zero-order valence-electron chi connectivity index (χ0n) is 12.4. The fourth-order valence-corrected chi connectivity index (χ4v) is 1.85. The van der Waals surface area contributed by atoms with Crippen LogP contribution in [-0.4, -0.2) is 42.0 Å². The molecule has 0 aliphatic rings. The van der Waals surface area contributed by atoms with E-state index in [1.807, 2.05) is 39.0 Å². The lowest BCUT2D eigenvalue weighted by Crippen LogP contribution is -2.38. The third-order valence-corrected chi connectivity index (χ3v) is 2.96. The van der Waals surface area contributed by atoms with Crippen molar-refractivity contribution in [2.75, 3.05) is 25.5 Å². The zero-order chi connectivity index (χ0) is 15.3. The minimum Gasteiger partial charge on any atom is -0.395 e. The van der Waals surface area contributed by atoms with Gasteiger partial charge in [0.1, 0.15) is 0 Å². The van der Waals surface area contributed by atoms with Crippen molar-refractivity contribution in [3.05, 3.63) is 29.8 Å². The molecule has 0 fully saturated rings. The lowest BCUT2D eigenvalue weighted by atomic mass is 9.86. The van der Waals surface area contributed by atoms with Crippen molar-refractivity contribution in [2.24, 2.45) is 0 Å². The summed E-state index contributed by atoms with van der Waals surface area (Å²) >= 11 is 0. The van der Waals surface area contributed by atoms with Crippen molar-refractivity contribution in [2.45, 2.75) is 26.2 Å². The van der Waals surface area contributed by atoms with E-state index >= 15 is 0 Å². The van der Waals surface area contributed by atoms with E-state index in [4.69, 9.17) is 5.11 Å². The van der Waals surface area contributed by atoms with Gasteiger partial charge in [0.05, 0.1) is 6.61 Å². The number of anilines is 1. The molecule has 0 saturated heterocycles. The number of carbonyl (C=O) groups excluding carboxylic acids is 2. The van der Waals surface area contributed by atoms with Gasteiger partial charge >= 0.3 is 11.8 Å². The Morgan fingerprint density at radius 1 is 1.25 bits per heavy atom. The number of hydrogen-bond donors (Lipinski definition) is 2. The summed E-state index contributed by atoms with van der Waals surface area (Å²) in [6.45, 7) is 6.08. The fourth-order valence-electron chi connectivity index (χ4n) is 1.85. The summed E-state index contributed by atoms with van der Waals surface area (Å²) in [5, 5.41) is 11.4. The van der Waals surface area contributed by atoms with Crippen LogP contribution in [0.3, 0.4) is 0 Å². The van der Waals surface area contributed by atoms with Crippen molar-refractivity contribution in [3.8, 4) is 0 Å². The molecule has 0 aliphatic carbocycles. The van der Waals surface area contributed by atoms with Gasteiger partial charge in [0.25, 0.3) is 0 Å². The van der Waals surface area contributed by atoms with Crippen LogP contribution in [0.1, 0.15) is 26.3 Å². The van der Waals surface area contributed by atoms with Crippen LogP contribution in [0.4, 0.5) is 5.69 Å². The number of benzene rings is 1. The second-order valence-corrected chi connectivity index (χ2v) is 5.70. The highest BCUT2D eigenvalue weighted by Gasteiger charge is 2.22. The summed E-state index contributed by atoms with van der Waals surface area (Å²) in [5.74, 6) is -1.36. The molecule has 1 aromatic rings. The molecule has 0 aliphatic heterocycles. The standard InChI is InChI=1S/C15H22N2O3/c1-15(2,3)11-7-5-6-8-12(11)16-13(19)14(20)17(4)9-10-18/h5-8,18H,9-10H2,1-4H3,(H,16,19). The molecule has 20 heavy (non-hydrogen) atoms. The van der Waals surface area contributed by atoms with E-state index < -0.39 is 11.8 Å². The Balaban J connectivity index is 2.89. The van der Waals surface area contributed by atoms with Crippen LogP contribution >= 0.6 is 0 Å². The highest BCUT2D eigenvalue weighted by Crippen LogP contribution is 2.29.